The van der Waals surface area contributed by atoms with Crippen molar-refractivity contribution in [2.24, 2.45) is 0 Å². The van der Waals surface area contributed by atoms with E-state index in [2.05, 4.69) is 5.32 Å². The van der Waals surface area contributed by atoms with Crippen LogP contribution in [-0.2, 0) is 0 Å². The van der Waals surface area contributed by atoms with Gasteiger partial charge in [0.15, 0.2) is 0 Å². The second-order valence-corrected chi connectivity index (χ2v) is 4.09. The first-order valence-corrected chi connectivity index (χ1v) is 5.72. The van der Waals surface area contributed by atoms with Gasteiger partial charge in [0.1, 0.15) is 11.5 Å². The molecule has 0 radical (unpaired) electrons. The number of carboxylic acids is 1. The molecule has 94 valence electrons. The summed E-state index contributed by atoms with van der Waals surface area (Å²) in [5, 5.41) is 11.9. The number of aromatic carboxylic acids is 1. The van der Waals surface area contributed by atoms with E-state index in [1.165, 1.54) is 0 Å². The molecule has 0 saturated carbocycles. The van der Waals surface area contributed by atoms with Gasteiger partial charge < -0.3 is 14.8 Å². The fraction of sp³-hybridized carbons (Fsp3) is 0.214. The van der Waals surface area contributed by atoms with Crippen molar-refractivity contribution in [3.63, 3.8) is 0 Å². The Morgan fingerprint density at radius 1 is 1.22 bits per heavy atom. The fourth-order valence-corrected chi connectivity index (χ4v) is 1.66. The minimum Gasteiger partial charge on any atom is -0.478 e. The van der Waals surface area contributed by atoms with Crippen LogP contribution in [0, 0.1) is 0 Å². The lowest BCUT2D eigenvalue weighted by molar-refractivity contribution is 0.0697. The average Bonchev–Trinajstić information content (AvgIpc) is 2.87. The van der Waals surface area contributed by atoms with Gasteiger partial charge in [-0.3, -0.25) is 0 Å². The summed E-state index contributed by atoms with van der Waals surface area (Å²) in [6.45, 7) is 2.01. The summed E-state index contributed by atoms with van der Waals surface area (Å²) >= 11 is 0. The highest BCUT2D eigenvalue weighted by atomic mass is 16.4. The number of carboxylic acid groups (broad SMARTS) is 1. The standard InChI is InChI=1S/C14H15NO3/c1-9(15-2)12-7-8-13(18-12)10-3-5-11(6-4-10)14(16)17/h3-9,15H,1-2H3,(H,16,17). The van der Waals surface area contributed by atoms with Crippen LogP contribution in [0.2, 0.25) is 0 Å². The van der Waals surface area contributed by atoms with E-state index in [1.807, 2.05) is 26.1 Å². The molecule has 0 fully saturated rings. The largest absolute Gasteiger partial charge is 0.478 e. The van der Waals surface area contributed by atoms with Gasteiger partial charge in [-0.15, -0.1) is 0 Å². The van der Waals surface area contributed by atoms with Crippen LogP contribution in [0.3, 0.4) is 0 Å². The first-order chi connectivity index (χ1) is 8.61. The van der Waals surface area contributed by atoms with Gasteiger partial charge in [0.05, 0.1) is 11.6 Å². The maximum absolute atomic E-state index is 10.7. The number of carbonyl (C=O) groups is 1. The zero-order valence-corrected chi connectivity index (χ0v) is 10.3. The third kappa shape index (κ3) is 2.43. The van der Waals surface area contributed by atoms with Crippen LogP contribution in [0.15, 0.2) is 40.8 Å². The van der Waals surface area contributed by atoms with Gasteiger partial charge in [-0.1, -0.05) is 12.1 Å². The molecule has 0 aliphatic rings. The monoisotopic (exact) mass is 245 g/mol. The molecule has 0 saturated heterocycles. The van der Waals surface area contributed by atoms with E-state index in [9.17, 15) is 4.79 Å². The van der Waals surface area contributed by atoms with Crippen molar-refractivity contribution in [2.75, 3.05) is 7.05 Å². The molecule has 2 rings (SSSR count). The summed E-state index contributed by atoms with van der Waals surface area (Å²) in [4.78, 5) is 10.7. The normalized spacial score (nSPS) is 12.3. The molecule has 1 aromatic carbocycles. The molecule has 0 aliphatic heterocycles. The highest BCUT2D eigenvalue weighted by Gasteiger charge is 2.10. The maximum Gasteiger partial charge on any atom is 0.335 e. The Morgan fingerprint density at radius 2 is 1.89 bits per heavy atom. The number of hydrogen-bond donors (Lipinski definition) is 2. The van der Waals surface area contributed by atoms with Gasteiger partial charge >= 0.3 is 5.97 Å². The molecular weight excluding hydrogens is 230 g/mol. The first-order valence-electron chi connectivity index (χ1n) is 5.72. The molecule has 2 N–H and O–H groups in total. The third-order valence-corrected chi connectivity index (χ3v) is 2.90. The molecule has 1 heterocycles. The van der Waals surface area contributed by atoms with E-state index in [1.54, 1.807) is 24.3 Å². The molecule has 0 bridgehead atoms. The van der Waals surface area contributed by atoms with Crippen LogP contribution in [-0.4, -0.2) is 18.1 Å². The smallest absolute Gasteiger partial charge is 0.335 e. The van der Waals surface area contributed by atoms with Crippen molar-refractivity contribution < 1.29 is 14.3 Å². The highest BCUT2D eigenvalue weighted by Crippen LogP contribution is 2.25. The molecule has 4 nitrogen and oxygen atoms in total. The second-order valence-electron chi connectivity index (χ2n) is 4.09. The predicted octanol–water partition coefficient (Wildman–Crippen LogP) is 2.93. The summed E-state index contributed by atoms with van der Waals surface area (Å²) in [7, 11) is 1.87. The number of nitrogens with one attached hydrogen (secondary N) is 1. The minimum absolute atomic E-state index is 0.150. The molecule has 0 amide bonds. The Balaban J connectivity index is 2.26. The highest BCUT2D eigenvalue weighted by molar-refractivity contribution is 5.88. The summed E-state index contributed by atoms with van der Waals surface area (Å²) in [5.74, 6) is 0.671. The second kappa shape index (κ2) is 5.06. The Hall–Kier alpha value is -2.07. The van der Waals surface area contributed by atoms with Crippen LogP contribution < -0.4 is 5.32 Å². The van der Waals surface area contributed by atoms with Crippen molar-refractivity contribution in [1.82, 2.24) is 5.32 Å². The average molecular weight is 245 g/mol. The molecule has 0 spiro atoms. The Labute approximate surface area is 105 Å². The molecule has 1 unspecified atom stereocenters. The van der Waals surface area contributed by atoms with Crippen molar-refractivity contribution in [3.05, 3.63) is 47.7 Å². The van der Waals surface area contributed by atoms with Crippen molar-refractivity contribution in [1.29, 1.82) is 0 Å². The Bertz CT molecular complexity index is 542. The van der Waals surface area contributed by atoms with Crippen LogP contribution in [0.25, 0.3) is 11.3 Å². The molecule has 1 atom stereocenters. The summed E-state index contributed by atoms with van der Waals surface area (Å²) in [5.41, 5.74) is 1.14. The third-order valence-electron chi connectivity index (χ3n) is 2.90. The number of rotatable bonds is 4. The van der Waals surface area contributed by atoms with Crippen LogP contribution in [0.4, 0.5) is 0 Å². The van der Waals surface area contributed by atoms with Crippen molar-refractivity contribution in [2.45, 2.75) is 13.0 Å². The van der Waals surface area contributed by atoms with E-state index < -0.39 is 5.97 Å². The summed E-state index contributed by atoms with van der Waals surface area (Å²) in [6, 6.07) is 10.6. The van der Waals surface area contributed by atoms with Crippen LogP contribution >= 0.6 is 0 Å². The van der Waals surface area contributed by atoms with Gasteiger partial charge in [0.25, 0.3) is 0 Å². The Morgan fingerprint density at radius 3 is 2.44 bits per heavy atom. The zero-order chi connectivity index (χ0) is 13.1. The van der Waals surface area contributed by atoms with Gasteiger partial charge in [0, 0.05) is 5.56 Å². The van der Waals surface area contributed by atoms with Crippen molar-refractivity contribution >= 4 is 5.97 Å². The summed E-state index contributed by atoms with van der Waals surface area (Å²) in [6.07, 6.45) is 0. The molecule has 18 heavy (non-hydrogen) atoms. The van der Waals surface area contributed by atoms with Crippen LogP contribution in [0.5, 0.6) is 0 Å². The van der Waals surface area contributed by atoms with Gasteiger partial charge in [-0.25, -0.2) is 4.79 Å². The number of hydrogen-bond acceptors (Lipinski definition) is 3. The molecule has 4 heteroatoms. The minimum atomic E-state index is -0.925. The molecule has 1 aromatic heterocycles. The Kier molecular flexibility index (Phi) is 3.48. The lowest BCUT2D eigenvalue weighted by Gasteiger charge is -2.05. The molecule has 2 aromatic rings. The molecule has 0 aliphatic carbocycles. The topological polar surface area (TPSA) is 62.5 Å². The molecular formula is C14H15NO3. The van der Waals surface area contributed by atoms with Crippen LogP contribution in [0.1, 0.15) is 29.1 Å². The summed E-state index contributed by atoms with van der Waals surface area (Å²) < 4.78 is 5.71. The number of furan rings is 1. The zero-order valence-electron chi connectivity index (χ0n) is 10.3. The lowest BCUT2D eigenvalue weighted by Crippen LogP contribution is -2.10. The quantitative estimate of drug-likeness (QED) is 0.869. The van der Waals surface area contributed by atoms with E-state index in [0.717, 1.165) is 17.1 Å². The van der Waals surface area contributed by atoms with E-state index >= 15 is 0 Å². The van der Waals surface area contributed by atoms with Gasteiger partial charge in [-0.05, 0) is 38.2 Å². The van der Waals surface area contributed by atoms with Gasteiger partial charge in [0.2, 0.25) is 0 Å². The first kappa shape index (κ1) is 12.4. The lowest BCUT2D eigenvalue weighted by atomic mass is 10.1. The van der Waals surface area contributed by atoms with Crippen molar-refractivity contribution in [3.8, 4) is 11.3 Å². The van der Waals surface area contributed by atoms with E-state index in [0.29, 0.717) is 0 Å². The van der Waals surface area contributed by atoms with Gasteiger partial charge in [-0.2, -0.15) is 0 Å². The predicted molar refractivity (Wildman–Crippen MR) is 68.6 cm³/mol. The van der Waals surface area contributed by atoms with E-state index in [-0.39, 0.29) is 11.6 Å². The fourth-order valence-electron chi connectivity index (χ4n) is 1.66. The van der Waals surface area contributed by atoms with E-state index in [4.69, 9.17) is 9.52 Å². The number of benzene rings is 1. The maximum atomic E-state index is 10.7. The SMILES string of the molecule is CNC(C)c1ccc(-c2ccc(C(=O)O)cc2)o1.